The fraction of sp³-hybridized carbons (Fsp3) is 0.200. The fourth-order valence-electron chi connectivity index (χ4n) is 1.84. The zero-order valence-corrected chi connectivity index (χ0v) is 11.8. The summed E-state index contributed by atoms with van der Waals surface area (Å²) in [5.74, 6) is 0.0420. The smallest absolute Gasteiger partial charge is 0.356 e. The van der Waals surface area contributed by atoms with Gasteiger partial charge in [-0.2, -0.15) is 0 Å². The van der Waals surface area contributed by atoms with Gasteiger partial charge in [0.25, 0.3) is 0 Å². The van der Waals surface area contributed by atoms with Gasteiger partial charge in [-0.1, -0.05) is 17.7 Å². The Hall–Kier alpha value is -2.56. The number of aromatic nitrogens is 1. The normalized spacial score (nSPS) is 10.2. The molecule has 0 unspecified atom stereocenters. The van der Waals surface area contributed by atoms with Crippen molar-refractivity contribution in [1.29, 1.82) is 0 Å². The third-order valence-corrected chi connectivity index (χ3v) is 3.04. The van der Waals surface area contributed by atoms with Crippen LogP contribution in [0.4, 0.5) is 17.2 Å². The molecule has 20 heavy (non-hydrogen) atoms. The fourth-order valence-corrected chi connectivity index (χ4v) is 1.84. The second kappa shape index (κ2) is 5.61. The molecule has 0 spiro atoms. The quantitative estimate of drug-likeness (QED) is 0.869. The van der Waals surface area contributed by atoms with Crippen LogP contribution in [0.2, 0.25) is 0 Å². The van der Waals surface area contributed by atoms with E-state index in [1.165, 1.54) is 12.7 Å². The van der Waals surface area contributed by atoms with Gasteiger partial charge >= 0.3 is 5.97 Å². The molecule has 0 fully saturated rings. The average Bonchev–Trinajstić information content (AvgIpc) is 2.47. The number of carbonyl (C=O) groups excluding carboxylic acids is 1. The van der Waals surface area contributed by atoms with Gasteiger partial charge in [0.1, 0.15) is 0 Å². The van der Waals surface area contributed by atoms with Crippen molar-refractivity contribution in [2.45, 2.75) is 6.92 Å². The molecular weight excluding hydrogens is 254 g/mol. The van der Waals surface area contributed by atoms with Crippen molar-refractivity contribution in [3.63, 3.8) is 0 Å². The summed E-state index contributed by atoms with van der Waals surface area (Å²) in [6, 6.07) is 11.2. The molecule has 0 radical (unpaired) electrons. The van der Waals surface area contributed by atoms with Crippen LogP contribution in [0.1, 0.15) is 16.1 Å². The molecule has 2 N–H and O–H groups in total. The van der Waals surface area contributed by atoms with Crippen molar-refractivity contribution in [2.75, 3.05) is 24.8 Å². The molecule has 0 bridgehead atoms. The monoisotopic (exact) mass is 271 g/mol. The van der Waals surface area contributed by atoms with E-state index in [0.29, 0.717) is 11.5 Å². The number of hydrogen-bond acceptors (Lipinski definition) is 5. The van der Waals surface area contributed by atoms with Gasteiger partial charge in [0.15, 0.2) is 11.5 Å². The lowest BCUT2D eigenvalue weighted by Crippen LogP contribution is -2.16. The number of rotatable bonds is 3. The van der Waals surface area contributed by atoms with Crippen molar-refractivity contribution in [3.8, 4) is 0 Å². The standard InChI is InChI=1S/C15H17N3O2/c1-10-4-6-11(7-5-10)18(2)14-12(16)8-9-13(17-14)15(19)20-3/h4-9H,16H2,1-3H3. The summed E-state index contributed by atoms with van der Waals surface area (Å²) in [7, 11) is 3.17. The highest BCUT2D eigenvalue weighted by Crippen LogP contribution is 2.27. The first-order valence-electron chi connectivity index (χ1n) is 6.18. The molecule has 1 aromatic heterocycles. The first-order chi connectivity index (χ1) is 9.52. The predicted octanol–water partition coefficient (Wildman–Crippen LogP) is 2.53. The molecular formula is C15H17N3O2. The molecule has 1 heterocycles. The van der Waals surface area contributed by atoms with Crippen molar-refractivity contribution in [1.82, 2.24) is 4.98 Å². The van der Waals surface area contributed by atoms with Gasteiger partial charge in [-0.25, -0.2) is 9.78 Å². The van der Waals surface area contributed by atoms with Gasteiger partial charge in [0, 0.05) is 12.7 Å². The molecule has 1 aromatic carbocycles. The number of esters is 1. The Labute approximate surface area is 118 Å². The van der Waals surface area contributed by atoms with E-state index in [9.17, 15) is 4.79 Å². The molecule has 0 aliphatic carbocycles. The number of carbonyl (C=O) groups is 1. The minimum Gasteiger partial charge on any atom is -0.464 e. The van der Waals surface area contributed by atoms with Crippen LogP contribution in [0.15, 0.2) is 36.4 Å². The summed E-state index contributed by atoms with van der Waals surface area (Å²) < 4.78 is 4.67. The van der Waals surface area contributed by atoms with Gasteiger partial charge in [-0.15, -0.1) is 0 Å². The topological polar surface area (TPSA) is 68.5 Å². The number of methoxy groups -OCH3 is 1. The second-order valence-corrected chi connectivity index (χ2v) is 4.50. The predicted molar refractivity (Wildman–Crippen MR) is 79.2 cm³/mol. The molecule has 0 atom stereocenters. The molecule has 104 valence electrons. The third kappa shape index (κ3) is 2.71. The highest BCUT2D eigenvalue weighted by molar-refractivity contribution is 5.89. The number of nitrogens with two attached hydrogens (primary N) is 1. The van der Waals surface area contributed by atoms with E-state index in [1.54, 1.807) is 12.1 Å². The summed E-state index contributed by atoms with van der Waals surface area (Å²) in [6.07, 6.45) is 0. The lowest BCUT2D eigenvalue weighted by Gasteiger charge is -2.20. The van der Waals surface area contributed by atoms with Crippen molar-refractivity contribution >= 4 is 23.2 Å². The average molecular weight is 271 g/mol. The number of hydrogen-bond donors (Lipinski definition) is 1. The number of nitrogen functional groups attached to an aromatic ring is 1. The van der Waals surface area contributed by atoms with Crippen LogP contribution in [0.5, 0.6) is 0 Å². The van der Waals surface area contributed by atoms with Crippen LogP contribution >= 0.6 is 0 Å². The number of nitrogens with zero attached hydrogens (tertiary/aromatic N) is 2. The molecule has 0 aliphatic rings. The minimum atomic E-state index is -0.483. The highest BCUT2D eigenvalue weighted by Gasteiger charge is 2.14. The van der Waals surface area contributed by atoms with Crippen LogP contribution < -0.4 is 10.6 Å². The first-order valence-corrected chi connectivity index (χ1v) is 6.18. The molecule has 0 saturated carbocycles. The Kier molecular flexibility index (Phi) is 3.89. The summed E-state index contributed by atoms with van der Waals surface area (Å²) >= 11 is 0. The zero-order valence-electron chi connectivity index (χ0n) is 11.8. The van der Waals surface area contributed by atoms with E-state index < -0.39 is 5.97 Å². The van der Waals surface area contributed by atoms with Gasteiger partial charge in [0.05, 0.1) is 12.8 Å². The second-order valence-electron chi connectivity index (χ2n) is 4.50. The SMILES string of the molecule is COC(=O)c1ccc(N)c(N(C)c2ccc(C)cc2)n1. The summed E-state index contributed by atoms with van der Waals surface area (Å²) in [5.41, 5.74) is 8.79. The van der Waals surface area contributed by atoms with Crippen LogP contribution in [0.3, 0.4) is 0 Å². The summed E-state index contributed by atoms with van der Waals surface area (Å²) in [5, 5.41) is 0. The lowest BCUT2D eigenvalue weighted by molar-refractivity contribution is 0.0594. The van der Waals surface area contributed by atoms with Crippen molar-refractivity contribution in [2.24, 2.45) is 0 Å². The van der Waals surface area contributed by atoms with E-state index in [1.807, 2.05) is 43.1 Å². The Morgan fingerprint density at radius 3 is 2.45 bits per heavy atom. The van der Waals surface area contributed by atoms with Gasteiger partial charge in [0.2, 0.25) is 0 Å². The highest BCUT2D eigenvalue weighted by atomic mass is 16.5. The Morgan fingerprint density at radius 1 is 1.20 bits per heavy atom. The minimum absolute atomic E-state index is 0.232. The number of pyridine rings is 1. The van der Waals surface area contributed by atoms with Gasteiger partial charge in [-0.05, 0) is 31.2 Å². The lowest BCUT2D eigenvalue weighted by atomic mass is 10.2. The molecule has 0 aliphatic heterocycles. The summed E-state index contributed by atoms with van der Waals surface area (Å²) in [4.78, 5) is 17.6. The number of anilines is 3. The Balaban J connectivity index is 2.40. The number of benzene rings is 1. The third-order valence-electron chi connectivity index (χ3n) is 3.04. The van der Waals surface area contributed by atoms with E-state index >= 15 is 0 Å². The molecule has 2 aromatic rings. The molecule has 2 rings (SSSR count). The Morgan fingerprint density at radius 2 is 1.85 bits per heavy atom. The van der Waals surface area contributed by atoms with Crippen molar-refractivity contribution in [3.05, 3.63) is 47.7 Å². The van der Waals surface area contributed by atoms with Crippen molar-refractivity contribution < 1.29 is 9.53 Å². The van der Waals surface area contributed by atoms with Crippen LogP contribution in [-0.4, -0.2) is 25.1 Å². The Bertz CT molecular complexity index is 624. The van der Waals surface area contributed by atoms with Crippen LogP contribution in [0, 0.1) is 6.92 Å². The van der Waals surface area contributed by atoms with Gasteiger partial charge < -0.3 is 15.4 Å². The van der Waals surface area contributed by atoms with Gasteiger partial charge in [-0.3, -0.25) is 0 Å². The number of ether oxygens (including phenoxy) is 1. The molecule has 0 saturated heterocycles. The maximum absolute atomic E-state index is 11.5. The maximum Gasteiger partial charge on any atom is 0.356 e. The molecule has 5 nitrogen and oxygen atoms in total. The van der Waals surface area contributed by atoms with Crippen LogP contribution in [0.25, 0.3) is 0 Å². The molecule has 0 amide bonds. The number of aryl methyl sites for hydroxylation is 1. The molecule has 5 heteroatoms. The zero-order chi connectivity index (χ0) is 14.7. The van der Waals surface area contributed by atoms with E-state index in [0.717, 1.165) is 5.69 Å². The van der Waals surface area contributed by atoms with Crippen LogP contribution in [-0.2, 0) is 4.74 Å². The maximum atomic E-state index is 11.5. The van der Waals surface area contributed by atoms with E-state index in [-0.39, 0.29) is 5.69 Å². The van der Waals surface area contributed by atoms with E-state index in [4.69, 9.17) is 5.73 Å². The summed E-state index contributed by atoms with van der Waals surface area (Å²) in [6.45, 7) is 2.02. The van der Waals surface area contributed by atoms with E-state index in [2.05, 4.69) is 9.72 Å². The first kappa shape index (κ1) is 13.9. The largest absolute Gasteiger partial charge is 0.464 e.